The first-order chi connectivity index (χ1) is 7.86. The normalized spacial score (nSPS) is 10.8. The lowest BCUT2D eigenvalue weighted by atomic mass is 10.2. The SMILES string of the molecule is Brc1c(-c2ccccc2)oc2ccncc12. The summed E-state index contributed by atoms with van der Waals surface area (Å²) in [4.78, 5) is 4.09. The predicted molar refractivity (Wildman–Crippen MR) is 67.1 cm³/mol. The molecule has 0 saturated heterocycles. The van der Waals surface area contributed by atoms with Crippen molar-refractivity contribution in [2.24, 2.45) is 0 Å². The zero-order chi connectivity index (χ0) is 11.0. The highest BCUT2D eigenvalue weighted by Crippen LogP contribution is 2.36. The first kappa shape index (κ1) is 9.60. The number of hydrogen-bond donors (Lipinski definition) is 0. The van der Waals surface area contributed by atoms with Crippen LogP contribution in [-0.4, -0.2) is 4.98 Å². The molecule has 0 spiro atoms. The lowest BCUT2D eigenvalue weighted by molar-refractivity contribution is 0.629. The molecular formula is C13H8BrNO. The van der Waals surface area contributed by atoms with E-state index in [4.69, 9.17) is 4.42 Å². The highest BCUT2D eigenvalue weighted by atomic mass is 79.9. The van der Waals surface area contributed by atoms with E-state index in [0.717, 1.165) is 26.8 Å². The third kappa shape index (κ3) is 1.44. The fourth-order valence-electron chi connectivity index (χ4n) is 1.69. The summed E-state index contributed by atoms with van der Waals surface area (Å²) in [6.07, 6.45) is 3.53. The van der Waals surface area contributed by atoms with Crippen LogP contribution in [0.25, 0.3) is 22.3 Å². The summed E-state index contributed by atoms with van der Waals surface area (Å²) in [5, 5.41) is 1.00. The summed E-state index contributed by atoms with van der Waals surface area (Å²) >= 11 is 3.55. The highest BCUT2D eigenvalue weighted by Gasteiger charge is 2.12. The van der Waals surface area contributed by atoms with Gasteiger partial charge in [-0.1, -0.05) is 30.3 Å². The molecule has 0 aliphatic rings. The summed E-state index contributed by atoms with van der Waals surface area (Å²) in [5.74, 6) is 0.851. The van der Waals surface area contributed by atoms with Crippen LogP contribution in [-0.2, 0) is 0 Å². The number of benzene rings is 1. The molecule has 2 nitrogen and oxygen atoms in total. The van der Waals surface area contributed by atoms with Crippen molar-refractivity contribution in [2.45, 2.75) is 0 Å². The minimum atomic E-state index is 0.848. The van der Waals surface area contributed by atoms with E-state index in [1.165, 1.54) is 0 Å². The Morgan fingerprint density at radius 2 is 1.88 bits per heavy atom. The standard InChI is InChI=1S/C13H8BrNO/c14-12-10-8-15-7-6-11(10)16-13(12)9-4-2-1-3-5-9/h1-8H. The molecule has 0 radical (unpaired) electrons. The zero-order valence-corrected chi connectivity index (χ0v) is 9.94. The van der Waals surface area contributed by atoms with Gasteiger partial charge in [0.05, 0.1) is 9.86 Å². The number of pyridine rings is 1. The predicted octanol–water partition coefficient (Wildman–Crippen LogP) is 4.26. The lowest BCUT2D eigenvalue weighted by Crippen LogP contribution is -1.72. The number of aromatic nitrogens is 1. The van der Waals surface area contributed by atoms with Gasteiger partial charge in [-0.2, -0.15) is 0 Å². The van der Waals surface area contributed by atoms with Gasteiger partial charge in [-0.15, -0.1) is 0 Å². The van der Waals surface area contributed by atoms with Crippen molar-refractivity contribution < 1.29 is 4.42 Å². The van der Waals surface area contributed by atoms with Gasteiger partial charge in [0.1, 0.15) is 11.3 Å². The van der Waals surface area contributed by atoms with Gasteiger partial charge < -0.3 is 4.42 Å². The Bertz CT molecular complexity index is 631. The Balaban J connectivity index is 2.29. The van der Waals surface area contributed by atoms with Crippen LogP contribution in [0.15, 0.2) is 57.7 Å². The quantitative estimate of drug-likeness (QED) is 0.662. The molecule has 0 saturated carbocycles. The molecule has 0 atom stereocenters. The number of rotatable bonds is 1. The van der Waals surface area contributed by atoms with Gasteiger partial charge in [-0.25, -0.2) is 0 Å². The van der Waals surface area contributed by atoms with Crippen molar-refractivity contribution in [1.82, 2.24) is 4.98 Å². The molecule has 0 N–H and O–H groups in total. The van der Waals surface area contributed by atoms with Crippen LogP contribution >= 0.6 is 15.9 Å². The smallest absolute Gasteiger partial charge is 0.149 e. The summed E-state index contributed by atoms with van der Waals surface area (Å²) < 4.78 is 6.76. The van der Waals surface area contributed by atoms with E-state index < -0.39 is 0 Å². The Hall–Kier alpha value is -1.61. The van der Waals surface area contributed by atoms with Crippen molar-refractivity contribution >= 4 is 26.9 Å². The Labute approximate surface area is 101 Å². The van der Waals surface area contributed by atoms with E-state index in [-0.39, 0.29) is 0 Å². The molecule has 0 fully saturated rings. The molecule has 3 aromatic rings. The van der Waals surface area contributed by atoms with Crippen LogP contribution in [0.3, 0.4) is 0 Å². The minimum absolute atomic E-state index is 0.848. The molecule has 78 valence electrons. The lowest BCUT2D eigenvalue weighted by Gasteiger charge is -1.95. The Morgan fingerprint density at radius 1 is 1.06 bits per heavy atom. The van der Waals surface area contributed by atoms with E-state index >= 15 is 0 Å². The van der Waals surface area contributed by atoms with Crippen LogP contribution in [0.2, 0.25) is 0 Å². The van der Waals surface area contributed by atoms with E-state index in [2.05, 4.69) is 20.9 Å². The van der Waals surface area contributed by atoms with Gasteiger partial charge in [-0.3, -0.25) is 4.98 Å². The van der Waals surface area contributed by atoms with Crippen LogP contribution in [0.4, 0.5) is 0 Å². The first-order valence-electron chi connectivity index (χ1n) is 4.93. The molecule has 2 aromatic heterocycles. The van der Waals surface area contributed by atoms with Crippen molar-refractivity contribution in [3.8, 4) is 11.3 Å². The van der Waals surface area contributed by atoms with Crippen LogP contribution < -0.4 is 0 Å². The van der Waals surface area contributed by atoms with Crippen molar-refractivity contribution in [3.63, 3.8) is 0 Å². The fraction of sp³-hybridized carbons (Fsp3) is 0. The van der Waals surface area contributed by atoms with Gasteiger partial charge >= 0.3 is 0 Å². The van der Waals surface area contributed by atoms with Crippen molar-refractivity contribution in [3.05, 3.63) is 53.3 Å². The van der Waals surface area contributed by atoms with Gasteiger partial charge in [-0.05, 0) is 22.0 Å². The van der Waals surface area contributed by atoms with E-state index in [0.29, 0.717) is 0 Å². The number of furan rings is 1. The van der Waals surface area contributed by atoms with E-state index in [1.54, 1.807) is 12.4 Å². The molecule has 0 amide bonds. The fourth-order valence-corrected chi connectivity index (χ4v) is 2.30. The number of nitrogens with zero attached hydrogens (tertiary/aromatic N) is 1. The van der Waals surface area contributed by atoms with Crippen LogP contribution in [0.5, 0.6) is 0 Å². The Morgan fingerprint density at radius 3 is 2.62 bits per heavy atom. The summed E-state index contributed by atoms with van der Waals surface area (Å²) in [6.45, 7) is 0. The van der Waals surface area contributed by atoms with Crippen LogP contribution in [0, 0.1) is 0 Å². The summed E-state index contributed by atoms with van der Waals surface area (Å²) in [7, 11) is 0. The number of fused-ring (bicyclic) bond motifs is 1. The average Bonchev–Trinajstić information content (AvgIpc) is 2.69. The zero-order valence-electron chi connectivity index (χ0n) is 8.35. The van der Waals surface area contributed by atoms with Gasteiger partial charge in [0.2, 0.25) is 0 Å². The molecule has 3 rings (SSSR count). The maximum atomic E-state index is 5.80. The van der Waals surface area contributed by atoms with Gasteiger partial charge in [0.25, 0.3) is 0 Å². The van der Waals surface area contributed by atoms with E-state index in [9.17, 15) is 0 Å². The largest absolute Gasteiger partial charge is 0.455 e. The molecule has 0 aliphatic carbocycles. The molecule has 0 aliphatic heterocycles. The van der Waals surface area contributed by atoms with Crippen LogP contribution in [0.1, 0.15) is 0 Å². The maximum Gasteiger partial charge on any atom is 0.149 e. The molecule has 3 heteroatoms. The third-order valence-electron chi connectivity index (χ3n) is 2.46. The van der Waals surface area contributed by atoms with Gasteiger partial charge in [0, 0.05) is 18.0 Å². The number of halogens is 1. The molecular weight excluding hydrogens is 266 g/mol. The topological polar surface area (TPSA) is 26.0 Å². The summed E-state index contributed by atoms with van der Waals surface area (Å²) in [6, 6.07) is 11.9. The van der Waals surface area contributed by atoms with Crippen molar-refractivity contribution in [1.29, 1.82) is 0 Å². The first-order valence-corrected chi connectivity index (χ1v) is 5.73. The monoisotopic (exact) mass is 273 g/mol. The second-order valence-corrected chi connectivity index (χ2v) is 4.28. The van der Waals surface area contributed by atoms with Crippen molar-refractivity contribution in [2.75, 3.05) is 0 Å². The van der Waals surface area contributed by atoms with E-state index in [1.807, 2.05) is 36.4 Å². The second kappa shape index (κ2) is 3.76. The maximum absolute atomic E-state index is 5.80. The molecule has 0 unspecified atom stereocenters. The Kier molecular flexibility index (Phi) is 2.26. The van der Waals surface area contributed by atoms with Gasteiger partial charge in [0.15, 0.2) is 0 Å². The minimum Gasteiger partial charge on any atom is -0.455 e. The highest BCUT2D eigenvalue weighted by molar-refractivity contribution is 9.10. The molecule has 2 heterocycles. The summed E-state index contributed by atoms with van der Waals surface area (Å²) in [5.41, 5.74) is 1.91. The average molecular weight is 274 g/mol. The second-order valence-electron chi connectivity index (χ2n) is 3.48. The molecule has 1 aromatic carbocycles. The third-order valence-corrected chi connectivity index (χ3v) is 3.25. The molecule has 0 bridgehead atoms. The molecule has 16 heavy (non-hydrogen) atoms. The number of hydrogen-bond acceptors (Lipinski definition) is 2.